The molecule has 0 spiro atoms. The number of esters is 2. The van der Waals surface area contributed by atoms with Gasteiger partial charge < -0.3 is 19.1 Å². The molecular formula is C84H113N2O5+. The predicted octanol–water partition coefficient (Wildman–Crippen LogP) is 20.5. The third-order valence-corrected chi connectivity index (χ3v) is 20.6. The SMILES string of the molecule is CCCCCCCCCCCCCCCCCCOC(=O)c1ccc(C[N+]2=c3c(c4c(c5c3=CCCC=5)=Cc3c(c5c(c6cc7ccccc7cc36)N(c3ccc(C(=O)OCCCCCCCCCCCCCCCCCC)cc3)CC5(C)C)O4)C(C)(C)C2)cc1. The highest BCUT2D eigenvalue weighted by atomic mass is 16.5. The van der Waals surface area contributed by atoms with E-state index in [1.165, 1.54) is 239 Å². The smallest absolute Gasteiger partial charge is 0.338 e. The molecule has 0 unspecified atom stereocenters. The minimum atomic E-state index is -0.294. The van der Waals surface area contributed by atoms with Crippen molar-refractivity contribution < 1.29 is 23.8 Å². The first-order chi connectivity index (χ1) is 44.5. The molecule has 0 N–H and O–H groups in total. The first-order valence-electron chi connectivity index (χ1n) is 37.0. The lowest BCUT2D eigenvalue weighted by molar-refractivity contribution is 0.0488. The Labute approximate surface area is 547 Å². The molecule has 7 heteroatoms. The highest BCUT2D eigenvalue weighted by Gasteiger charge is 2.46. The fourth-order valence-electron chi connectivity index (χ4n) is 15.5. The third-order valence-electron chi connectivity index (χ3n) is 20.6. The lowest BCUT2D eigenvalue weighted by atomic mass is 9.80. The second-order valence-corrected chi connectivity index (χ2v) is 29.1. The molecule has 0 radical (unpaired) electrons. The summed E-state index contributed by atoms with van der Waals surface area (Å²) in [7, 11) is 0. The highest BCUT2D eigenvalue weighted by Crippen LogP contribution is 2.56. The van der Waals surface area contributed by atoms with Crippen LogP contribution in [0.5, 0.6) is 11.5 Å². The summed E-state index contributed by atoms with van der Waals surface area (Å²) < 4.78 is 22.0. The van der Waals surface area contributed by atoms with Gasteiger partial charge in [-0.2, -0.15) is 0 Å². The number of rotatable bonds is 39. The van der Waals surface area contributed by atoms with Crippen molar-refractivity contribution in [1.29, 1.82) is 0 Å². The van der Waals surface area contributed by atoms with E-state index in [2.05, 4.69) is 130 Å². The van der Waals surface area contributed by atoms with E-state index in [9.17, 15) is 9.59 Å². The van der Waals surface area contributed by atoms with Crippen LogP contribution >= 0.6 is 0 Å². The van der Waals surface area contributed by atoms with Crippen LogP contribution in [0.2, 0.25) is 0 Å². The zero-order valence-electron chi connectivity index (χ0n) is 57.3. The maximum atomic E-state index is 13.5. The minimum Gasteiger partial charge on any atom is -0.462 e. The number of hydrogen-bond acceptors (Lipinski definition) is 6. The number of carbonyl (C=O) groups excluding carboxylic acids is 2. The number of carbonyl (C=O) groups is 2. The molecule has 4 aliphatic rings. The zero-order chi connectivity index (χ0) is 63.4. The monoisotopic (exact) mass is 1230 g/mol. The van der Waals surface area contributed by atoms with E-state index in [1.54, 1.807) is 0 Å². The van der Waals surface area contributed by atoms with Gasteiger partial charge in [0.25, 0.3) is 0 Å². The summed E-state index contributed by atoms with van der Waals surface area (Å²) in [5.74, 6) is 1.44. The van der Waals surface area contributed by atoms with E-state index in [0.29, 0.717) is 24.3 Å². The summed E-state index contributed by atoms with van der Waals surface area (Å²) in [5, 5.41) is 9.79. The maximum Gasteiger partial charge on any atom is 0.338 e. The van der Waals surface area contributed by atoms with Crippen LogP contribution < -0.4 is 35.2 Å². The molecule has 0 saturated heterocycles. The number of nitrogens with zero attached hydrogens (tertiary/aromatic N) is 2. The molecule has 0 amide bonds. The van der Waals surface area contributed by atoms with Gasteiger partial charge in [-0.05, 0) is 116 Å². The van der Waals surface area contributed by atoms with Crippen molar-refractivity contribution in [3.05, 3.63) is 139 Å². The number of anilines is 2. The maximum absolute atomic E-state index is 13.5. The van der Waals surface area contributed by atoms with E-state index in [1.807, 2.05) is 24.3 Å². The molecule has 0 atom stereocenters. The molecule has 0 fully saturated rings. The van der Waals surface area contributed by atoms with Gasteiger partial charge >= 0.3 is 11.9 Å². The van der Waals surface area contributed by atoms with Gasteiger partial charge in [0.05, 0.1) is 41.0 Å². The second-order valence-electron chi connectivity index (χ2n) is 29.1. The lowest BCUT2D eigenvalue weighted by Crippen LogP contribution is -2.54. The Morgan fingerprint density at radius 3 is 1.41 bits per heavy atom. The largest absolute Gasteiger partial charge is 0.462 e. The fraction of sp³-hybridized carbons (Fsp3) is 0.560. The Bertz CT molecular complexity index is 3650. The van der Waals surface area contributed by atoms with Crippen LogP contribution in [0.3, 0.4) is 0 Å². The normalized spacial score (nSPS) is 14.9. The van der Waals surface area contributed by atoms with Gasteiger partial charge in [0.2, 0.25) is 5.36 Å². The van der Waals surface area contributed by atoms with Crippen molar-refractivity contribution in [3.8, 4) is 11.5 Å². The van der Waals surface area contributed by atoms with Crippen LogP contribution in [-0.2, 0) is 26.8 Å². The summed E-state index contributed by atoms with van der Waals surface area (Å²) >= 11 is 0. The van der Waals surface area contributed by atoms with Crippen LogP contribution in [0.1, 0.15) is 303 Å². The van der Waals surface area contributed by atoms with Gasteiger partial charge in [-0.3, -0.25) is 0 Å². The number of benzene rings is 6. The average Bonchev–Trinajstić information content (AvgIpc) is 1.63. The molecule has 91 heavy (non-hydrogen) atoms. The van der Waals surface area contributed by atoms with Crippen LogP contribution in [0.15, 0.2) is 84.9 Å². The number of unbranched alkanes of at least 4 members (excludes halogenated alkanes) is 30. The van der Waals surface area contributed by atoms with Crippen LogP contribution in [0.25, 0.3) is 39.8 Å². The van der Waals surface area contributed by atoms with Gasteiger partial charge in [0, 0.05) is 50.2 Å². The number of fused-ring (bicyclic) bond motifs is 13. The van der Waals surface area contributed by atoms with Crippen molar-refractivity contribution in [2.75, 3.05) is 31.2 Å². The molecule has 6 aromatic carbocycles. The summed E-state index contributed by atoms with van der Waals surface area (Å²) in [5.41, 5.74) is 7.68. The van der Waals surface area contributed by atoms with E-state index < -0.39 is 0 Å². The standard InChI is InChI=1S/C84H113N2O5/c1-7-9-11-13-15-17-19-21-23-25-27-29-31-33-35-41-55-89-81(87)64-49-47-63(48-50-64)60-85-61-83(3,4)75-77(85)70-46-40-39-45-69(70)73-59-74-71-57-66-43-37-38-44-67(66)58-72(71)78-76(80(74)91-79(73)75)84(5,6)62-86(78)68-53-51-65(52-54-68)82(88)90-56-42-36-34-32-30-28-26-24-22-20-18-16-14-12-10-8-2/h37-38,43-54,57-59H,7-36,39-42,55-56,60-62H2,1-6H3/q+1. The van der Waals surface area contributed by atoms with E-state index >= 15 is 0 Å². The number of hydrogen-bond donors (Lipinski definition) is 0. The quantitative estimate of drug-likeness (QED) is 0.0166. The van der Waals surface area contributed by atoms with Gasteiger partial charge in [-0.1, -0.05) is 269 Å². The Morgan fingerprint density at radius 1 is 0.484 bits per heavy atom. The first-order valence-corrected chi connectivity index (χ1v) is 37.0. The topological polar surface area (TPSA) is 68.1 Å². The van der Waals surface area contributed by atoms with Crippen LogP contribution in [0, 0.1) is 0 Å². The van der Waals surface area contributed by atoms with Crippen LogP contribution in [0.4, 0.5) is 11.4 Å². The molecule has 10 rings (SSSR count). The molecule has 0 bridgehead atoms. The summed E-state index contributed by atoms with van der Waals surface area (Å²) in [6, 6.07) is 29.7. The minimum absolute atomic E-state index is 0.228. The second kappa shape index (κ2) is 33.6. The summed E-state index contributed by atoms with van der Waals surface area (Å²) in [4.78, 5) is 29.3. The molecule has 6 aromatic rings. The van der Waals surface area contributed by atoms with E-state index in [0.717, 1.165) is 86.5 Å². The molecule has 0 saturated carbocycles. The van der Waals surface area contributed by atoms with Gasteiger partial charge in [-0.15, -0.1) is 0 Å². The Morgan fingerprint density at radius 2 is 0.923 bits per heavy atom. The van der Waals surface area contributed by atoms with E-state index in [4.69, 9.17) is 14.2 Å². The van der Waals surface area contributed by atoms with Gasteiger partial charge in [-0.25, -0.2) is 14.2 Å². The van der Waals surface area contributed by atoms with Gasteiger partial charge in [0.15, 0.2) is 13.1 Å². The molecule has 488 valence electrons. The van der Waals surface area contributed by atoms with Crippen LogP contribution in [-0.4, -0.2) is 38.2 Å². The first kappa shape index (κ1) is 67.7. The van der Waals surface area contributed by atoms with Crippen molar-refractivity contribution in [3.63, 3.8) is 0 Å². The Kier molecular flexibility index (Phi) is 25.0. The third kappa shape index (κ3) is 17.3. The van der Waals surface area contributed by atoms with Crippen molar-refractivity contribution >= 4 is 63.1 Å². The highest BCUT2D eigenvalue weighted by molar-refractivity contribution is 6.12. The number of ether oxygens (including phenoxy) is 3. The zero-order valence-corrected chi connectivity index (χ0v) is 57.3. The summed E-state index contributed by atoms with van der Waals surface area (Å²) in [6.45, 7) is 17.3. The van der Waals surface area contributed by atoms with Crippen molar-refractivity contribution in [1.82, 2.24) is 4.58 Å². The molecule has 0 aromatic heterocycles. The Hall–Kier alpha value is -6.21. The molecule has 7 nitrogen and oxygen atoms in total. The molecule has 3 aliphatic heterocycles. The molecule has 1 aliphatic carbocycles. The fourth-order valence-corrected chi connectivity index (χ4v) is 15.5. The predicted molar refractivity (Wildman–Crippen MR) is 384 cm³/mol. The van der Waals surface area contributed by atoms with E-state index in [-0.39, 0.29) is 22.8 Å². The molecular weight excluding hydrogens is 1120 g/mol. The van der Waals surface area contributed by atoms with Crippen molar-refractivity contribution in [2.24, 2.45) is 0 Å². The lowest BCUT2D eigenvalue weighted by Gasteiger charge is -2.28. The molecule has 3 heterocycles. The van der Waals surface area contributed by atoms with Gasteiger partial charge in [0.1, 0.15) is 11.5 Å². The average molecular weight is 1230 g/mol. The summed E-state index contributed by atoms with van der Waals surface area (Å²) in [6.07, 6.45) is 51.6. The van der Waals surface area contributed by atoms with Crippen molar-refractivity contribution in [2.45, 2.75) is 277 Å². The Balaban J connectivity index is 0.794.